The molecule has 0 fully saturated rings. The molecule has 2 aromatic carbocycles. The van der Waals surface area contributed by atoms with E-state index in [1.807, 2.05) is 19.1 Å². The monoisotopic (exact) mass is 366 g/mol. The van der Waals surface area contributed by atoms with E-state index in [2.05, 4.69) is 48.7 Å². The van der Waals surface area contributed by atoms with E-state index in [0.717, 1.165) is 23.1 Å². The van der Waals surface area contributed by atoms with Crippen LogP contribution in [0.5, 0.6) is 0 Å². The standard InChI is InChI=1S/C21H22N2O2S/c1-4-15-5-7-16(8-6-15)14(3)22-21(26)23-17-9-10-18-13(2)11-20(24)25-19(18)12-17/h5-12,14H,4H2,1-3H3,(H2,22,23,26). The van der Waals surface area contributed by atoms with E-state index in [0.29, 0.717) is 10.7 Å². The van der Waals surface area contributed by atoms with Crippen LogP contribution in [-0.4, -0.2) is 5.11 Å². The topological polar surface area (TPSA) is 54.3 Å². The van der Waals surface area contributed by atoms with Crippen molar-refractivity contribution in [3.63, 3.8) is 0 Å². The summed E-state index contributed by atoms with van der Waals surface area (Å²) in [5.74, 6) is 0. The Balaban J connectivity index is 1.71. The largest absolute Gasteiger partial charge is 0.423 e. The van der Waals surface area contributed by atoms with Crippen LogP contribution < -0.4 is 16.3 Å². The molecule has 1 aromatic heterocycles. The number of rotatable bonds is 4. The Morgan fingerprint density at radius 3 is 2.58 bits per heavy atom. The molecule has 3 rings (SSSR count). The summed E-state index contributed by atoms with van der Waals surface area (Å²) in [5, 5.41) is 7.87. The van der Waals surface area contributed by atoms with Gasteiger partial charge in [-0.2, -0.15) is 0 Å². The van der Waals surface area contributed by atoms with Crippen LogP contribution in [0.1, 0.15) is 36.6 Å². The highest BCUT2D eigenvalue weighted by Crippen LogP contribution is 2.21. The molecule has 0 spiro atoms. The molecule has 1 unspecified atom stereocenters. The van der Waals surface area contributed by atoms with Crippen LogP contribution >= 0.6 is 12.2 Å². The Morgan fingerprint density at radius 2 is 1.88 bits per heavy atom. The third kappa shape index (κ3) is 4.11. The average molecular weight is 366 g/mol. The fraction of sp³-hybridized carbons (Fsp3) is 0.238. The normalized spacial score (nSPS) is 12.0. The summed E-state index contributed by atoms with van der Waals surface area (Å²) in [5.41, 5.74) is 4.36. The first-order valence-corrected chi connectivity index (χ1v) is 9.08. The first-order chi connectivity index (χ1) is 12.5. The summed E-state index contributed by atoms with van der Waals surface area (Å²) in [4.78, 5) is 11.6. The summed E-state index contributed by atoms with van der Waals surface area (Å²) in [6.07, 6.45) is 1.03. The maximum absolute atomic E-state index is 11.6. The minimum Gasteiger partial charge on any atom is -0.423 e. The summed E-state index contributed by atoms with van der Waals surface area (Å²) in [7, 11) is 0. The van der Waals surface area contributed by atoms with Crippen LogP contribution in [0.25, 0.3) is 11.0 Å². The fourth-order valence-corrected chi connectivity index (χ4v) is 3.19. The summed E-state index contributed by atoms with van der Waals surface area (Å²) < 4.78 is 5.28. The molecule has 0 saturated heterocycles. The highest BCUT2D eigenvalue weighted by molar-refractivity contribution is 7.80. The second-order valence-electron chi connectivity index (χ2n) is 6.37. The molecule has 3 aromatic rings. The molecule has 0 amide bonds. The Bertz CT molecular complexity index is 993. The van der Waals surface area contributed by atoms with Gasteiger partial charge in [-0.1, -0.05) is 31.2 Å². The minimum absolute atomic E-state index is 0.0848. The van der Waals surface area contributed by atoms with Crippen LogP contribution in [0.4, 0.5) is 5.69 Å². The van der Waals surface area contributed by atoms with Crippen molar-refractivity contribution >= 4 is 34.0 Å². The van der Waals surface area contributed by atoms with Gasteiger partial charge in [0, 0.05) is 23.2 Å². The maximum atomic E-state index is 11.6. The van der Waals surface area contributed by atoms with Gasteiger partial charge in [0.2, 0.25) is 0 Å². The van der Waals surface area contributed by atoms with Gasteiger partial charge in [0.25, 0.3) is 0 Å². The number of thiocarbonyl (C=S) groups is 1. The molecular weight excluding hydrogens is 344 g/mol. The zero-order valence-electron chi connectivity index (χ0n) is 15.1. The molecule has 0 aliphatic rings. The number of anilines is 1. The maximum Gasteiger partial charge on any atom is 0.336 e. The van der Waals surface area contributed by atoms with Gasteiger partial charge in [0.15, 0.2) is 5.11 Å². The molecule has 0 bridgehead atoms. The molecular formula is C21H22N2O2S. The van der Waals surface area contributed by atoms with Crippen molar-refractivity contribution < 1.29 is 4.42 Å². The highest BCUT2D eigenvalue weighted by Gasteiger charge is 2.08. The van der Waals surface area contributed by atoms with E-state index in [4.69, 9.17) is 16.6 Å². The van der Waals surface area contributed by atoms with E-state index in [1.165, 1.54) is 17.2 Å². The van der Waals surface area contributed by atoms with Crippen LogP contribution in [0.3, 0.4) is 0 Å². The first-order valence-electron chi connectivity index (χ1n) is 8.67. The second kappa shape index (κ2) is 7.70. The molecule has 0 aliphatic carbocycles. The molecule has 26 heavy (non-hydrogen) atoms. The zero-order chi connectivity index (χ0) is 18.7. The van der Waals surface area contributed by atoms with Crippen LogP contribution in [0.15, 0.2) is 57.7 Å². The third-order valence-corrected chi connectivity index (χ3v) is 4.66. The van der Waals surface area contributed by atoms with Gasteiger partial charge in [-0.15, -0.1) is 0 Å². The predicted molar refractivity (Wildman–Crippen MR) is 111 cm³/mol. The molecule has 4 nitrogen and oxygen atoms in total. The predicted octanol–water partition coefficient (Wildman–Crippen LogP) is 4.71. The van der Waals surface area contributed by atoms with Crippen LogP contribution in [-0.2, 0) is 6.42 Å². The number of hydrogen-bond acceptors (Lipinski definition) is 3. The van der Waals surface area contributed by atoms with Gasteiger partial charge in [-0.05, 0) is 61.3 Å². The van der Waals surface area contributed by atoms with Gasteiger partial charge >= 0.3 is 5.63 Å². The molecule has 0 radical (unpaired) electrons. The molecule has 1 heterocycles. The Kier molecular flexibility index (Phi) is 5.38. The van der Waals surface area contributed by atoms with E-state index in [9.17, 15) is 4.79 Å². The summed E-state index contributed by atoms with van der Waals surface area (Å²) >= 11 is 5.42. The zero-order valence-corrected chi connectivity index (χ0v) is 15.9. The van der Waals surface area contributed by atoms with Gasteiger partial charge < -0.3 is 15.1 Å². The van der Waals surface area contributed by atoms with Crippen molar-refractivity contribution in [2.24, 2.45) is 0 Å². The SMILES string of the molecule is CCc1ccc(C(C)NC(=S)Nc2ccc3c(C)cc(=O)oc3c2)cc1. The molecule has 0 aliphatic heterocycles. The number of hydrogen-bond donors (Lipinski definition) is 2. The lowest BCUT2D eigenvalue weighted by Gasteiger charge is -2.18. The van der Waals surface area contributed by atoms with Gasteiger partial charge in [-0.3, -0.25) is 0 Å². The van der Waals surface area contributed by atoms with Crippen LogP contribution in [0, 0.1) is 6.92 Å². The van der Waals surface area contributed by atoms with Gasteiger partial charge in [0.1, 0.15) is 5.58 Å². The van der Waals surface area contributed by atoms with Crippen molar-refractivity contribution in [2.75, 3.05) is 5.32 Å². The highest BCUT2D eigenvalue weighted by atomic mass is 32.1. The van der Waals surface area contributed by atoms with Crippen molar-refractivity contribution in [2.45, 2.75) is 33.2 Å². The van der Waals surface area contributed by atoms with E-state index in [-0.39, 0.29) is 11.7 Å². The Hall–Kier alpha value is -2.66. The second-order valence-corrected chi connectivity index (χ2v) is 6.78. The molecule has 0 saturated carbocycles. The molecule has 1 atom stereocenters. The first kappa shape index (κ1) is 18.1. The number of benzene rings is 2. The van der Waals surface area contributed by atoms with Crippen molar-refractivity contribution in [3.8, 4) is 0 Å². The Morgan fingerprint density at radius 1 is 1.15 bits per heavy atom. The van der Waals surface area contributed by atoms with Crippen molar-refractivity contribution in [1.82, 2.24) is 5.32 Å². The lowest BCUT2D eigenvalue weighted by Crippen LogP contribution is -2.30. The third-order valence-electron chi connectivity index (χ3n) is 4.44. The lowest BCUT2D eigenvalue weighted by atomic mass is 10.1. The van der Waals surface area contributed by atoms with E-state index in [1.54, 1.807) is 6.07 Å². The number of aryl methyl sites for hydroxylation is 2. The molecule has 134 valence electrons. The molecule has 2 N–H and O–H groups in total. The quantitative estimate of drug-likeness (QED) is 0.517. The fourth-order valence-electron chi connectivity index (χ4n) is 2.89. The van der Waals surface area contributed by atoms with Crippen molar-refractivity contribution in [1.29, 1.82) is 0 Å². The Labute approximate surface area is 158 Å². The van der Waals surface area contributed by atoms with Crippen LogP contribution in [0.2, 0.25) is 0 Å². The van der Waals surface area contributed by atoms with Crippen molar-refractivity contribution in [3.05, 3.63) is 75.6 Å². The minimum atomic E-state index is -0.350. The molecule has 5 heteroatoms. The number of fused-ring (bicyclic) bond motifs is 1. The van der Waals surface area contributed by atoms with Gasteiger partial charge in [0.05, 0.1) is 6.04 Å². The smallest absolute Gasteiger partial charge is 0.336 e. The summed E-state index contributed by atoms with van der Waals surface area (Å²) in [6.45, 7) is 6.10. The van der Waals surface area contributed by atoms with E-state index < -0.39 is 0 Å². The van der Waals surface area contributed by atoms with Gasteiger partial charge in [-0.25, -0.2) is 4.79 Å². The lowest BCUT2D eigenvalue weighted by molar-refractivity contribution is 0.560. The van der Waals surface area contributed by atoms with E-state index >= 15 is 0 Å². The average Bonchev–Trinajstić information content (AvgIpc) is 2.61. The number of nitrogens with one attached hydrogen (secondary N) is 2. The summed E-state index contributed by atoms with van der Waals surface area (Å²) in [6, 6.07) is 15.7.